The van der Waals surface area contributed by atoms with Crippen LogP contribution in [0, 0.1) is 6.92 Å². The Morgan fingerprint density at radius 2 is 2.07 bits per heavy atom. The number of hydrogen-bond acceptors (Lipinski definition) is 6. The van der Waals surface area contributed by atoms with Crippen molar-refractivity contribution in [2.75, 3.05) is 11.4 Å². The molecular formula is C23H24N4O2. The monoisotopic (exact) mass is 388 g/mol. The second kappa shape index (κ2) is 7.03. The number of aromatic nitrogens is 2. The van der Waals surface area contributed by atoms with Crippen molar-refractivity contribution >= 4 is 11.5 Å². The number of ether oxygens (including phenoxy) is 1. The van der Waals surface area contributed by atoms with Crippen LogP contribution in [-0.2, 0) is 19.5 Å². The molecule has 29 heavy (non-hydrogen) atoms. The maximum absolute atomic E-state index is 5.89. The van der Waals surface area contributed by atoms with Crippen molar-refractivity contribution in [2.24, 2.45) is 4.99 Å². The molecule has 0 saturated carbocycles. The van der Waals surface area contributed by atoms with Crippen LogP contribution in [0.5, 0.6) is 5.75 Å². The maximum Gasteiger partial charge on any atom is 0.191 e. The van der Waals surface area contributed by atoms with E-state index in [1.165, 1.54) is 5.56 Å². The zero-order chi connectivity index (χ0) is 20.0. The van der Waals surface area contributed by atoms with Crippen molar-refractivity contribution in [2.45, 2.75) is 46.4 Å². The minimum atomic E-state index is 0.145. The lowest BCUT2D eigenvalue weighted by Gasteiger charge is -2.26. The van der Waals surface area contributed by atoms with Gasteiger partial charge in [0.15, 0.2) is 5.89 Å². The first kappa shape index (κ1) is 17.9. The highest BCUT2D eigenvalue weighted by molar-refractivity contribution is 6.15. The van der Waals surface area contributed by atoms with E-state index in [4.69, 9.17) is 14.1 Å². The molecule has 6 heteroatoms. The van der Waals surface area contributed by atoms with Crippen LogP contribution in [0.2, 0.25) is 0 Å². The number of benzene rings is 1. The summed E-state index contributed by atoms with van der Waals surface area (Å²) in [6.07, 6.45) is 2.88. The molecule has 4 heterocycles. The predicted molar refractivity (Wildman–Crippen MR) is 112 cm³/mol. The number of oxazole rings is 1. The van der Waals surface area contributed by atoms with Crippen LogP contribution in [0.25, 0.3) is 0 Å². The van der Waals surface area contributed by atoms with Crippen molar-refractivity contribution in [1.82, 2.24) is 9.97 Å². The Labute approximate surface area is 170 Å². The first-order chi connectivity index (χ1) is 14.1. The topological polar surface area (TPSA) is 63.8 Å². The van der Waals surface area contributed by atoms with Crippen molar-refractivity contribution in [3.63, 3.8) is 0 Å². The van der Waals surface area contributed by atoms with Gasteiger partial charge in [0.25, 0.3) is 0 Å². The average Bonchev–Trinajstić information content (AvgIpc) is 3.29. The van der Waals surface area contributed by atoms with E-state index in [9.17, 15) is 0 Å². The summed E-state index contributed by atoms with van der Waals surface area (Å²) < 4.78 is 11.6. The molecule has 0 spiro atoms. The predicted octanol–water partition coefficient (Wildman–Crippen LogP) is 4.08. The highest BCUT2D eigenvalue weighted by Crippen LogP contribution is 2.29. The lowest BCUT2D eigenvalue weighted by molar-refractivity contribution is 0.242. The van der Waals surface area contributed by atoms with E-state index in [1.807, 2.05) is 39.1 Å². The number of anilines is 1. The summed E-state index contributed by atoms with van der Waals surface area (Å²) in [5.74, 6) is 3.50. The molecule has 6 nitrogen and oxygen atoms in total. The van der Waals surface area contributed by atoms with Crippen LogP contribution in [0.15, 0.2) is 45.9 Å². The van der Waals surface area contributed by atoms with Gasteiger partial charge in [-0.05, 0) is 43.7 Å². The highest BCUT2D eigenvalue weighted by atomic mass is 16.5. The lowest BCUT2D eigenvalue weighted by Crippen LogP contribution is -2.30. The summed E-state index contributed by atoms with van der Waals surface area (Å²) in [6.45, 7) is 8.25. The number of nitrogens with zero attached hydrogens (tertiary/aromatic N) is 4. The van der Waals surface area contributed by atoms with E-state index in [0.717, 1.165) is 58.7 Å². The Balaban J connectivity index is 1.43. The van der Waals surface area contributed by atoms with Crippen LogP contribution in [0.4, 0.5) is 5.82 Å². The van der Waals surface area contributed by atoms with E-state index in [2.05, 4.69) is 33.1 Å². The van der Waals surface area contributed by atoms with Gasteiger partial charge in [0.2, 0.25) is 0 Å². The lowest BCUT2D eigenvalue weighted by atomic mass is 10.00. The van der Waals surface area contributed by atoms with E-state index >= 15 is 0 Å². The molecule has 2 aliphatic heterocycles. The normalized spacial score (nSPS) is 15.3. The summed E-state index contributed by atoms with van der Waals surface area (Å²) >= 11 is 0. The quantitative estimate of drug-likeness (QED) is 0.674. The van der Waals surface area contributed by atoms with Gasteiger partial charge in [-0.3, -0.25) is 4.99 Å². The first-order valence-corrected chi connectivity index (χ1v) is 10.1. The van der Waals surface area contributed by atoms with Crippen LogP contribution < -0.4 is 9.64 Å². The smallest absolute Gasteiger partial charge is 0.191 e. The van der Waals surface area contributed by atoms with Gasteiger partial charge in [0.05, 0.1) is 30.6 Å². The van der Waals surface area contributed by atoms with Crippen LogP contribution in [0.3, 0.4) is 0 Å². The van der Waals surface area contributed by atoms with Gasteiger partial charge < -0.3 is 14.1 Å². The Morgan fingerprint density at radius 1 is 1.17 bits per heavy atom. The minimum absolute atomic E-state index is 0.145. The van der Waals surface area contributed by atoms with Gasteiger partial charge in [-0.15, -0.1) is 0 Å². The Morgan fingerprint density at radius 3 is 2.93 bits per heavy atom. The molecule has 0 saturated heterocycles. The van der Waals surface area contributed by atoms with Crippen LogP contribution in [-0.4, -0.2) is 28.3 Å². The largest absolute Gasteiger partial charge is 0.491 e. The fourth-order valence-corrected chi connectivity index (χ4v) is 4.01. The van der Waals surface area contributed by atoms with E-state index in [0.29, 0.717) is 13.1 Å². The molecule has 0 aliphatic carbocycles. The molecule has 0 N–H and O–H groups in total. The summed E-state index contributed by atoms with van der Waals surface area (Å²) in [7, 11) is 0. The van der Waals surface area contributed by atoms with Crippen molar-refractivity contribution in [3.8, 4) is 5.75 Å². The molecule has 3 aromatic rings. The fraction of sp³-hybridized carbons (Fsp3) is 0.348. The SMILES string of the molecule is Cc1nc2c(o1)CN(c1cc(C3=NCc4ccc(OC(C)C)cc43)ccn1)CC2. The molecule has 0 unspecified atom stereocenters. The third-order valence-electron chi connectivity index (χ3n) is 5.30. The molecule has 5 rings (SSSR count). The number of fused-ring (bicyclic) bond motifs is 2. The minimum Gasteiger partial charge on any atom is -0.491 e. The van der Waals surface area contributed by atoms with Crippen LogP contribution >= 0.6 is 0 Å². The molecule has 2 aromatic heterocycles. The number of aliphatic imine (C=N–C) groups is 1. The number of hydrogen-bond donors (Lipinski definition) is 0. The van der Waals surface area contributed by atoms with Crippen molar-refractivity contribution in [1.29, 1.82) is 0 Å². The van der Waals surface area contributed by atoms with Crippen molar-refractivity contribution < 1.29 is 9.15 Å². The maximum atomic E-state index is 5.89. The Kier molecular flexibility index (Phi) is 4.34. The standard InChI is InChI=1S/C23H24N4O2/c1-14(2)28-18-5-4-17-12-25-23(19(17)11-18)16-6-8-24-22(10-16)27-9-7-20-21(13-27)29-15(3)26-20/h4-6,8,10-11,14H,7,9,12-13H2,1-3H3. The fourth-order valence-electron chi connectivity index (χ4n) is 4.01. The number of aryl methyl sites for hydroxylation is 1. The van der Waals surface area contributed by atoms with Gasteiger partial charge in [-0.1, -0.05) is 6.07 Å². The number of rotatable bonds is 4. The molecule has 0 radical (unpaired) electrons. The molecule has 0 fully saturated rings. The molecule has 0 bridgehead atoms. The van der Waals surface area contributed by atoms with Gasteiger partial charge in [-0.2, -0.15) is 0 Å². The third kappa shape index (κ3) is 3.39. The van der Waals surface area contributed by atoms with Gasteiger partial charge in [0, 0.05) is 37.2 Å². The molecule has 2 aliphatic rings. The van der Waals surface area contributed by atoms with Crippen molar-refractivity contribution in [3.05, 3.63) is 70.6 Å². The molecule has 0 amide bonds. The molecule has 0 atom stereocenters. The second-order valence-corrected chi connectivity index (χ2v) is 7.83. The molecule has 1 aromatic carbocycles. The van der Waals surface area contributed by atoms with E-state index in [1.54, 1.807) is 0 Å². The zero-order valence-corrected chi connectivity index (χ0v) is 17.0. The summed E-state index contributed by atoms with van der Waals surface area (Å²) in [4.78, 5) is 16.1. The number of pyridine rings is 1. The molecular weight excluding hydrogens is 364 g/mol. The third-order valence-corrected chi connectivity index (χ3v) is 5.30. The Bertz CT molecular complexity index is 1100. The summed E-state index contributed by atoms with van der Waals surface area (Å²) in [5.41, 5.74) is 5.53. The Hall–Kier alpha value is -3.15. The van der Waals surface area contributed by atoms with Gasteiger partial charge in [-0.25, -0.2) is 9.97 Å². The van der Waals surface area contributed by atoms with E-state index < -0.39 is 0 Å². The zero-order valence-electron chi connectivity index (χ0n) is 17.0. The van der Waals surface area contributed by atoms with Gasteiger partial charge in [0.1, 0.15) is 17.3 Å². The highest BCUT2D eigenvalue weighted by Gasteiger charge is 2.24. The van der Waals surface area contributed by atoms with Crippen LogP contribution in [0.1, 0.15) is 47.9 Å². The average molecular weight is 388 g/mol. The molecule has 148 valence electrons. The van der Waals surface area contributed by atoms with E-state index in [-0.39, 0.29) is 6.10 Å². The summed E-state index contributed by atoms with van der Waals surface area (Å²) in [6, 6.07) is 10.4. The summed E-state index contributed by atoms with van der Waals surface area (Å²) in [5, 5.41) is 0. The second-order valence-electron chi connectivity index (χ2n) is 7.83. The first-order valence-electron chi connectivity index (χ1n) is 10.1. The van der Waals surface area contributed by atoms with Gasteiger partial charge >= 0.3 is 0 Å².